The Morgan fingerprint density at radius 1 is 0.213 bits per heavy atom. The molecule has 0 aliphatic rings. The molecule has 0 spiro atoms. The molecule has 0 amide bonds. The summed E-state index contributed by atoms with van der Waals surface area (Å²) in [6.07, 6.45) is 0. The first-order valence-electron chi connectivity index (χ1n) is 36.8. The van der Waals surface area contributed by atoms with Crippen LogP contribution in [0.2, 0.25) is 0 Å². The van der Waals surface area contributed by atoms with Gasteiger partial charge in [0, 0.05) is 107 Å². The Morgan fingerprint density at radius 2 is 0.630 bits per heavy atom. The van der Waals surface area contributed by atoms with Crippen molar-refractivity contribution in [2.75, 3.05) is 0 Å². The molecule has 108 heavy (non-hydrogen) atoms. The first-order valence-corrected chi connectivity index (χ1v) is 38.4. The summed E-state index contributed by atoms with van der Waals surface area (Å²) in [6.45, 7) is 0. The van der Waals surface area contributed by atoms with Gasteiger partial charge >= 0.3 is 0 Å². The lowest BCUT2D eigenvalue weighted by atomic mass is 9.96. The Morgan fingerprint density at radius 3 is 1.21 bits per heavy atom. The highest BCUT2D eigenvalue weighted by molar-refractivity contribution is 7.26. The zero-order valence-corrected chi connectivity index (χ0v) is 59.0. The molecule has 10 heterocycles. The van der Waals surface area contributed by atoms with Crippen molar-refractivity contribution in [1.82, 2.24) is 37.9 Å². The maximum atomic E-state index is 5.84. The Balaban J connectivity index is 0.658. The zero-order valence-electron chi connectivity index (χ0n) is 57.4. The molecule has 0 atom stereocenters. The monoisotopic (exact) mass is 1400 g/mol. The number of fused-ring (bicyclic) bond motifs is 31. The van der Waals surface area contributed by atoms with Crippen LogP contribution in [0.3, 0.4) is 0 Å². The Bertz CT molecular complexity index is 8520. The van der Waals surface area contributed by atoms with Gasteiger partial charge in [-0.3, -0.25) is 9.13 Å². The molecule has 496 valence electrons. The number of benzene rings is 16. The van der Waals surface area contributed by atoms with Crippen LogP contribution in [0.15, 0.2) is 315 Å². The second-order valence-corrected chi connectivity index (χ2v) is 31.2. The van der Waals surface area contributed by atoms with Gasteiger partial charge in [0.2, 0.25) is 11.9 Å². The molecule has 16 aromatic carbocycles. The standard InChI is InChI=1S/C98H52N8S2/c1-2-21-58-49-62(41-38-53(58)18-1)88-96-90(69-30-11-16-35-82(69)108-96)102-98(100-88)106-80-52-73-66-27-8-13-32-76(66)104-78-47-44-61(50-74(78)86(94(73)104)84(80)71-46-43-56-20-4-6-25-64(56)92(71)106)60-23-17-22-59(48-60)54-36-39-57(40-37-54)87-95-89(68-29-10-15-34-81(68)107-95)101-97(99-87)105-79-51-72-65-26-7-12-31-75(65)103-77-33-14-9-28-67(77)85(93(72)103)83(79)70-45-42-55-19-3-5-24-63(55)91(70)105/h1-52H. The molecule has 0 unspecified atom stereocenters. The highest BCUT2D eigenvalue weighted by Crippen LogP contribution is 2.52. The maximum absolute atomic E-state index is 5.84. The fraction of sp³-hybridized carbons (Fsp3) is 0. The second-order valence-electron chi connectivity index (χ2n) is 29.1. The van der Waals surface area contributed by atoms with E-state index in [4.69, 9.17) is 19.9 Å². The molecule has 0 N–H and O–H groups in total. The highest BCUT2D eigenvalue weighted by atomic mass is 32.1. The van der Waals surface area contributed by atoms with Crippen LogP contribution in [0, 0.1) is 0 Å². The van der Waals surface area contributed by atoms with E-state index < -0.39 is 0 Å². The smallest absolute Gasteiger partial charge is 0.235 e. The van der Waals surface area contributed by atoms with Gasteiger partial charge in [-0.05, 0) is 111 Å². The second kappa shape index (κ2) is 21.0. The summed E-state index contributed by atoms with van der Waals surface area (Å²) in [6, 6.07) is 116. The first kappa shape index (κ1) is 57.5. The first-order chi connectivity index (χ1) is 53.6. The van der Waals surface area contributed by atoms with Crippen molar-refractivity contribution in [2.45, 2.75) is 0 Å². The van der Waals surface area contributed by atoms with Gasteiger partial charge in [-0.1, -0.05) is 249 Å². The number of hydrogen-bond donors (Lipinski definition) is 0. The molecule has 0 saturated heterocycles. The summed E-state index contributed by atoms with van der Waals surface area (Å²) < 4.78 is 14.3. The van der Waals surface area contributed by atoms with E-state index in [-0.39, 0.29) is 0 Å². The third-order valence-corrected chi connectivity index (χ3v) is 25.9. The van der Waals surface area contributed by atoms with E-state index in [2.05, 4.69) is 333 Å². The van der Waals surface area contributed by atoms with Crippen molar-refractivity contribution in [1.29, 1.82) is 0 Å². The lowest BCUT2D eigenvalue weighted by Crippen LogP contribution is -2.03. The van der Waals surface area contributed by atoms with Crippen LogP contribution in [-0.4, -0.2) is 37.9 Å². The average molecular weight is 1410 g/mol. The quantitative estimate of drug-likeness (QED) is 0.166. The molecular weight excluding hydrogens is 1350 g/mol. The number of nitrogens with zero attached hydrogens (tertiary/aromatic N) is 8. The number of rotatable bonds is 6. The van der Waals surface area contributed by atoms with Crippen LogP contribution < -0.4 is 0 Å². The Hall–Kier alpha value is -13.9. The van der Waals surface area contributed by atoms with E-state index in [0.29, 0.717) is 11.9 Å². The summed E-state index contributed by atoms with van der Waals surface area (Å²) in [7, 11) is 0. The highest BCUT2D eigenvalue weighted by Gasteiger charge is 2.31. The SMILES string of the molecule is c1cc(-c2ccc(-c3nc(-n4c5cc6c7ccccc7n7c8ccccc8c(c5c5ccc8ccccc8c54)c67)nc4c3sc3ccccc34)cc2)cc(-c2ccc3c(c2)c2c4c5ccc6ccccc6c5n(-c5nc(-c6ccc7ccccc7c6)c6sc7ccccc7c6n5)c4cc4c5ccccc5n3c42)c1. The lowest BCUT2D eigenvalue weighted by Gasteiger charge is -2.12. The predicted octanol–water partition coefficient (Wildman–Crippen LogP) is 26.6. The van der Waals surface area contributed by atoms with Crippen molar-refractivity contribution >= 4 is 215 Å². The summed E-state index contributed by atoms with van der Waals surface area (Å²) in [4.78, 5) is 23.1. The van der Waals surface area contributed by atoms with E-state index in [1.807, 2.05) is 0 Å². The summed E-state index contributed by atoms with van der Waals surface area (Å²) in [5.74, 6) is 1.29. The van der Waals surface area contributed by atoms with E-state index in [1.54, 1.807) is 22.7 Å². The van der Waals surface area contributed by atoms with Crippen molar-refractivity contribution in [2.24, 2.45) is 0 Å². The number of hydrogen-bond acceptors (Lipinski definition) is 6. The summed E-state index contributed by atoms with van der Waals surface area (Å²) >= 11 is 3.54. The average Bonchev–Trinajstić information content (AvgIpc) is 1.52. The van der Waals surface area contributed by atoms with Crippen molar-refractivity contribution in [3.8, 4) is 56.7 Å². The predicted molar refractivity (Wildman–Crippen MR) is 456 cm³/mol. The van der Waals surface area contributed by atoms with Gasteiger partial charge in [-0.2, -0.15) is 0 Å². The van der Waals surface area contributed by atoms with Gasteiger partial charge in [0.1, 0.15) is 0 Å². The topological polar surface area (TPSA) is 70.2 Å². The molecule has 0 fully saturated rings. The molecule has 0 bridgehead atoms. The minimum Gasteiger partial charge on any atom is -0.308 e. The Labute approximate surface area is 621 Å². The van der Waals surface area contributed by atoms with E-state index in [0.717, 1.165) is 120 Å². The van der Waals surface area contributed by atoms with Gasteiger partial charge in [0.15, 0.2) is 0 Å². The van der Waals surface area contributed by atoms with Gasteiger partial charge in [0.05, 0.1) is 87.0 Å². The van der Waals surface area contributed by atoms with E-state index in [9.17, 15) is 0 Å². The largest absolute Gasteiger partial charge is 0.308 e. The summed E-state index contributed by atoms with van der Waals surface area (Å²) in [5, 5.41) is 23.7. The molecule has 26 rings (SSSR count). The third kappa shape index (κ3) is 7.55. The van der Waals surface area contributed by atoms with Crippen molar-refractivity contribution < 1.29 is 0 Å². The third-order valence-electron chi connectivity index (χ3n) is 23.6. The maximum Gasteiger partial charge on any atom is 0.235 e. The molecule has 0 aliphatic carbocycles. The van der Waals surface area contributed by atoms with Crippen LogP contribution in [-0.2, 0) is 0 Å². The minimum atomic E-state index is 0.646. The molecule has 0 aliphatic heterocycles. The van der Waals surface area contributed by atoms with Crippen molar-refractivity contribution in [3.63, 3.8) is 0 Å². The van der Waals surface area contributed by atoms with Gasteiger partial charge in [-0.15, -0.1) is 22.7 Å². The fourth-order valence-corrected chi connectivity index (χ4v) is 21.3. The van der Waals surface area contributed by atoms with Gasteiger partial charge in [-0.25, -0.2) is 19.9 Å². The van der Waals surface area contributed by atoms with Crippen molar-refractivity contribution in [3.05, 3.63) is 315 Å². The molecule has 10 heteroatoms. The number of para-hydroxylation sites is 3. The van der Waals surface area contributed by atoms with E-state index in [1.165, 1.54) is 118 Å². The van der Waals surface area contributed by atoms with Gasteiger partial charge < -0.3 is 8.80 Å². The van der Waals surface area contributed by atoms with Crippen LogP contribution in [0.4, 0.5) is 0 Å². The molecule has 8 nitrogen and oxygen atoms in total. The van der Waals surface area contributed by atoms with Gasteiger partial charge in [0.25, 0.3) is 0 Å². The molecule has 10 aromatic heterocycles. The minimum absolute atomic E-state index is 0.646. The summed E-state index contributed by atoms with van der Waals surface area (Å²) in [5.41, 5.74) is 21.9. The Kier molecular flexibility index (Phi) is 11.2. The molecule has 0 radical (unpaired) electrons. The van der Waals surface area contributed by atoms with Crippen LogP contribution in [0.1, 0.15) is 0 Å². The number of aromatic nitrogens is 8. The van der Waals surface area contributed by atoms with E-state index >= 15 is 0 Å². The number of thiophene rings is 2. The van der Waals surface area contributed by atoms with Crippen LogP contribution >= 0.6 is 22.7 Å². The molecular formula is C98H52N8S2. The van der Waals surface area contributed by atoms with Crippen LogP contribution in [0.5, 0.6) is 0 Å². The molecule has 0 saturated carbocycles. The fourth-order valence-electron chi connectivity index (χ4n) is 19.0. The lowest BCUT2D eigenvalue weighted by molar-refractivity contribution is 1.02. The normalized spacial score (nSPS) is 12.6. The zero-order chi connectivity index (χ0) is 69.9. The van der Waals surface area contributed by atoms with Crippen LogP contribution in [0.25, 0.3) is 249 Å². The molecule has 26 aromatic rings.